The highest BCUT2D eigenvalue weighted by molar-refractivity contribution is 7.13. The highest BCUT2D eigenvalue weighted by Gasteiger charge is 2.54. The largest absolute Gasteiger partial charge is 0.525 e. The molecule has 3 rings (SSSR count). The maximum absolute atomic E-state index is 15.7. The van der Waals surface area contributed by atoms with Crippen LogP contribution in [0.2, 0.25) is 0 Å². The maximum Gasteiger partial charge on any atom is 0.525 e. The molecule has 0 amide bonds. The molecule has 0 radical (unpaired) electrons. The molecule has 148 valence electrons. The zero-order valence-electron chi connectivity index (χ0n) is 16.2. The number of carbonyl (C=O) groups is 1. The van der Waals surface area contributed by atoms with E-state index in [4.69, 9.17) is 9.31 Å². The molecule has 0 aliphatic carbocycles. The van der Waals surface area contributed by atoms with Gasteiger partial charge in [-0.15, -0.1) is 11.3 Å². The van der Waals surface area contributed by atoms with Gasteiger partial charge in [-0.05, 0) is 52.3 Å². The number of carboxylic acids is 1. The van der Waals surface area contributed by atoms with Crippen LogP contribution in [0.1, 0.15) is 53.6 Å². The lowest BCUT2D eigenvalue weighted by Crippen LogP contribution is -2.41. The molecule has 0 unspecified atom stereocenters. The fraction of sp³-hybridized carbons (Fsp3) is 0.368. The van der Waals surface area contributed by atoms with Crippen LogP contribution in [0, 0.1) is 12.7 Å². The van der Waals surface area contributed by atoms with Crippen LogP contribution in [0.15, 0.2) is 30.0 Å². The van der Waals surface area contributed by atoms with E-state index in [1.165, 1.54) is 24.3 Å². The summed E-state index contributed by atoms with van der Waals surface area (Å²) in [5, 5.41) is 9.98. The fourth-order valence-corrected chi connectivity index (χ4v) is 3.78. The van der Waals surface area contributed by atoms with Gasteiger partial charge in [0.1, 0.15) is 11.5 Å². The van der Waals surface area contributed by atoms with Crippen molar-refractivity contribution in [2.75, 3.05) is 0 Å². The molecule has 5 nitrogen and oxygen atoms in total. The smallest absolute Gasteiger partial charge is 0.476 e. The second-order valence-corrected chi connectivity index (χ2v) is 8.74. The number of thiazole rings is 1. The Labute approximate surface area is 166 Å². The van der Waals surface area contributed by atoms with Gasteiger partial charge >= 0.3 is 13.1 Å². The molecule has 1 aromatic carbocycles. The molecule has 0 spiro atoms. The molecule has 28 heavy (non-hydrogen) atoms. The van der Waals surface area contributed by atoms with E-state index in [9.17, 15) is 14.3 Å². The average molecular weight is 407 g/mol. The third-order valence-corrected chi connectivity index (χ3v) is 5.98. The predicted molar refractivity (Wildman–Crippen MR) is 103 cm³/mol. The first-order valence-corrected chi connectivity index (χ1v) is 9.47. The summed E-state index contributed by atoms with van der Waals surface area (Å²) < 4.78 is 40.7. The van der Waals surface area contributed by atoms with Gasteiger partial charge < -0.3 is 14.4 Å². The van der Waals surface area contributed by atoms with Crippen molar-refractivity contribution in [1.82, 2.24) is 4.98 Å². The summed E-state index contributed by atoms with van der Waals surface area (Å²) in [6.07, 6.45) is 0. The van der Waals surface area contributed by atoms with E-state index in [1.54, 1.807) is 34.6 Å². The van der Waals surface area contributed by atoms with Crippen molar-refractivity contribution in [3.8, 4) is 0 Å². The lowest BCUT2D eigenvalue weighted by Gasteiger charge is -2.32. The third kappa shape index (κ3) is 3.61. The molecular weight excluding hydrogens is 387 g/mol. The number of aromatic carboxylic acids is 1. The van der Waals surface area contributed by atoms with Crippen LogP contribution in [0.4, 0.5) is 8.78 Å². The van der Waals surface area contributed by atoms with Gasteiger partial charge in [-0.3, -0.25) is 0 Å². The van der Waals surface area contributed by atoms with Crippen LogP contribution >= 0.6 is 11.3 Å². The van der Waals surface area contributed by atoms with Crippen LogP contribution < -0.4 is 0 Å². The normalized spacial score (nSPS) is 18.9. The molecule has 0 atom stereocenters. The van der Waals surface area contributed by atoms with Gasteiger partial charge in [-0.2, -0.15) is 0 Å². The number of nitrogens with zero attached hydrogens (tertiary/aromatic N) is 1. The first kappa shape index (κ1) is 20.6. The van der Waals surface area contributed by atoms with Crippen molar-refractivity contribution in [2.45, 2.75) is 45.8 Å². The molecule has 1 aromatic heterocycles. The van der Waals surface area contributed by atoms with E-state index in [0.717, 1.165) is 11.3 Å². The molecule has 1 N–H and O–H groups in total. The minimum Gasteiger partial charge on any atom is -0.476 e. The number of carboxylic acid groups (broad SMARTS) is 1. The predicted octanol–water partition coefficient (Wildman–Crippen LogP) is 4.65. The van der Waals surface area contributed by atoms with E-state index in [2.05, 4.69) is 4.98 Å². The van der Waals surface area contributed by atoms with Crippen molar-refractivity contribution in [2.24, 2.45) is 0 Å². The molecule has 1 aliphatic rings. The Bertz CT molecular complexity index is 937. The summed E-state index contributed by atoms with van der Waals surface area (Å²) in [6.45, 7) is 8.79. The number of hydrogen-bond acceptors (Lipinski definition) is 5. The second kappa shape index (κ2) is 7.06. The van der Waals surface area contributed by atoms with Gasteiger partial charge in [-0.25, -0.2) is 18.6 Å². The third-order valence-electron chi connectivity index (χ3n) is 5.00. The quantitative estimate of drug-likeness (QED) is 0.748. The summed E-state index contributed by atoms with van der Waals surface area (Å²) in [6, 6.07) is 5.13. The van der Waals surface area contributed by atoms with Crippen LogP contribution in [0.5, 0.6) is 0 Å². The maximum atomic E-state index is 15.7. The Kier molecular flexibility index (Phi) is 5.20. The number of benzene rings is 1. The summed E-state index contributed by atoms with van der Waals surface area (Å²) >= 11 is 1.04. The van der Waals surface area contributed by atoms with Gasteiger partial charge in [0.15, 0.2) is 5.69 Å². The van der Waals surface area contributed by atoms with Crippen molar-refractivity contribution in [1.29, 1.82) is 0 Å². The second-order valence-electron chi connectivity index (χ2n) is 7.53. The van der Waals surface area contributed by atoms with Crippen LogP contribution in [0.3, 0.4) is 0 Å². The summed E-state index contributed by atoms with van der Waals surface area (Å²) in [5.74, 6) is -1.77. The minimum atomic E-state index is -1.32. The number of aryl methyl sites for hydroxylation is 1. The van der Waals surface area contributed by atoms with Gasteiger partial charge in [-0.1, -0.05) is 12.1 Å². The molecule has 1 fully saturated rings. The summed E-state index contributed by atoms with van der Waals surface area (Å²) in [7, 11) is -1.32. The molecular formula is C19H20BF2NO4S. The van der Waals surface area contributed by atoms with Gasteiger partial charge in [0.05, 0.1) is 21.1 Å². The Morgan fingerprint density at radius 2 is 1.68 bits per heavy atom. The van der Waals surface area contributed by atoms with Gasteiger partial charge in [0.2, 0.25) is 0 Å². The molecule has 0 bridgehead atoms. The van der Waals surface area contributed by atoms with Crippen LogP contribution in [0.25, 0.3) is 5.57 Å². The molecule has 1 aliphatic heterocycles. The van der Waals surface area contributed by atoms with Gasteiger partial charge in [0.25, 0.3) is 0 Å². The number of hydrogen-bond donors (Lipinski definition) is 1. The van der Waals surface area contributed by atoms with Crippen LogP contribution in [-0.4, -0.2) is 34.4 Å². The first-order valence-electron chi connectivity index (χ1n) is 8.65. The lowest BCUT2D eigenvalue weighted by molar-refractivity contribution is 0.00578. The molecule has 2 aromatic rings. The van der Waals surface area contributed by atoms with E-state index in [1.807, 2.05) is 0 Å². The Balaban J connectivity index is 2.21. The molecule has 1 saturated heterocycles. The highest BCUT2D eigenvalue weighted by atomic mass is 32.1. The van der Waals surface area contributed by atoms with Crippen molar-refractivity contribution in [3.63, 3.8) is 0 Å². The molecule has 2 heterocycles. The van der Waals surface area contributed by atoms with Crippen molar-refractivity contribution >= 4 is 30.0 Å². The Morgan fingerprint density at radius 3 is 2.18 bits per heavy atom. The summed E-state index contributed by atoms with van der Waals surface area (Å²) in [4.78, 5) is 15.8. The van der Waals surface area contributed by atoms with Gasteiger partial charge in [0, 0.05) is 5.57 Å². The standard InChI is InChI=1S/C19H20BF2NO4S/c1-10-23-14(17(24)25)15(28-10)13(11-6-8-12(21)9-7-11)16(22)20-26-18(2,3)19(4,5)27-20/h6-9H,1-5H3,(H,24,25). The topological polar surface area (TPSA) is 68.7 Å². The monoisotopic (exact) mass is 407 g/mol. The highest BCUT2D eigenvalue weighted by Crippen LogP contribution is 2.42. The van der Waals surface area contributed by atoms with Crippen LogP contribution in [-0.2, 0) is 9.31 Å². The molecule has 0 saturated carbocycles. The van der Waals surface area contributed by atoms with Crippen molar-refractivity contribution in [3.05, 3.63) is 57.0 Å². The Morgan fingerprint density at radius 1 is 1.14 bits per heavy atom. The minimum absolute atomic E-state index is 0.0264. The van der Waals surface area contributed by atoms with E-state index in [-0.39, 0.29) is 16.1 Å². The zero-order chi connectivity index (χ0) is 20.9. The Hall–Kier alpha value is -2.10. The van der Waals surface area contributed by atoms with E-state index in [0.29, 0.717) is 10.6 Å². The molecule has 9 heteroatoms. The van der Waals surface area contributed by atoms with E-state index >= 15 is 4.39 Å². The number of rotatable bonds is 4. The fourth-order valence-electron chi connectivity index (χ4n) is 2.80. The number of halogens is 2. The SMILES string of the molecule is Cc1nc(C(=O)O)c(C(=C(F)B2OC(C)(C)C(C)(C)O2)c2ccc(F)cc2)s1. The summed E-state index contributed by atoms with van der Waals surface area (Å²) in [5.41, 5.74) is -2.32. The number of aromatic nitrogens is 1. The first-order chi connectivity index (χ1) is 12.9. The van der Waals surface area contributed by atoms with E-state index < -0.39 is 35.8 Å². The zero-order valence-corrected chi connectivity index (χ0v) is 17.0. The van der Waals surface area contributed by atoms with Crippen molar-refractivity contribution < 1.29 is 28.0 Å². The average Bonchev–Trinajstić information content (AvgIpc) is 3.06. The lowest BCUT2D eigenvalue weighted by atomic mass is 9.82.